The molecule has 1 aliphatic carbocycles. The molecule has 3 unspecified atom stereocenters. The van der Waals surface area contributed by atoms with Crippen LogP contribution in [-0.4, -0.2) is 37.0 Å². The van der Waals surface area contributed by atoms with Gasteiger partial charge in [-0.3, -0.25) is 0 Å². The lowest BCUT2D eigenvalue weighted by atomic mass is 9.90. The first kappa shape index (κ1) is 12.3. The van der Waals surface area contributed by atoms with E-state index in [9.17, 15) is 0 Å². The predicted molar refractivity (Wildman–Crippen MR) is 68.3 cm³/mol. The lowest BCUT2D eigenvalue weighted by Crippen LogP contribution is -2.36. The maximum Gasteiger partial charge on any atom is 0.142 e. The summed E-state index contributed by atoms with van der Waals surface area (Å²) in [7, 11) is 0. The van der Waals surface area contributed by atoms with Gasteiger partial charge in [0, 0.05) is 6.42 Å². The molecular weight excluding hydrogens is 236 g/mol. The van der Waals surface area contributed by atoms with Crippen molar-refractivity contribution in [2.75, 3.05) is 19.8 Å². The van der Waals surface area contributed by atoms with Crippen molar-refractivity contribution in [2.24, 2.45) is 5.92 Å². The third-order valence-electron chi connectivity index (χ3n) is 4.31. The van der Waals surface area contributed by atoms with E-state index >= 15 is 0 Å². The van der Waals surface area contributed by atoms with E-state index in [1.54, 1.807) is 0 Å². The van der Waals surface area contributed by atoms with Crippen molar-refractivity contribution >= 4 is 12.6 Å². The molecular formula is C13H22O3S. The van der Waals surface area contributed by atoms with Gasteiger partial charge in [-0.25, -0.2) is 0 Å². The standard InChI is InChI=1S/C13H22O3S/c17-13-6-7-14-12(13)11(9-16-13)15-8-10-4-2-1-3-5-10/h10-12,17H,1-9H2. The van der Waals surface area contributed by atoms with Crippen LogP contribution in [0.5, 0.6) is 0 Å². The Morgan fingerprint density at radius 3 is 2.88 bits per heavy atom. The maximum atomic E-state index is 6.02. The second-order valence-corrected chi connectivity index (χ2v) is 6.33. The Labute approximate surface area is 109 Å². The summed E-state index contributed by atoms with van der Waals surface area (Å²) < 4.78 is 17.5. The molecule has 98 valence electrons. The largest absolute Gasteiger partial charge is 0.373 e. The fraction of sp³-hybridized carbons (Fsp3) is 1.00. The van der Waals surface area contributed by atoms with Crippen LogP contribution in [0.3, 0.4) is 0 Å². The smallest absolute Gasteiger partial charge is 0.142 e. The highest BCUT2D eigenvalue weighted by Crippen LogP contribution is 2.41. The average Bonchev–Trinajstić information content (AvgIpc) is 2.85. The molecule has 3 rings (SSSR count). The number of hydrogen-bond donors (Lipinski definition) is 1. The maximum absolute atomic E-state index is 6.02. The summed E-state index contributed by atoms with van der Waals surface area (Å²) in [6.45, 7) is 2.26. The molecule has 3 nitrogen and oxygen atoms in total. The van der Waals surface area contributed by atoms with Gasteiger partial charge in [-0.1, -0.05) is 19.3 Å². The van der Waals surface area contributed by atoms with Crippen LogP contribution in [0.15, 0.2) is 0 Å². The minimum absolute atomic E-state index is 0.0365. The van der Waals surface area contributed by atoms with Crippen LogP contribution in [-0.2, 0) is 14.2 Å². The zero-order chi connectivity index (χ0) is 11.7. The highest BCUT2D eigenvalue weighted by molar-refractivity contribution is 7.81. The topological polar surface area (TPSA) is 27.7 Å². The van der Waals surface area contributed by atoms with Crippen molar-refractivity contribution in [3.05, 3.63) is 0 Å². The van der Waals surface area contributed by atoms with Crippen LogP contribution >= 0.6 is 12.6 Å². The number of hydrogen-bond acceptors (Lipinski definition) is 4. The predicted octanol–water partition coefficient (Wildman–Crippen LogP) is 2.40. The Bertz CT molecular complexity index is 267. The third kappa shape index (κ3) is 2.50. The van der Waals surface area contributed by atoms with Crippen LogP contribution in [0.25, 0.3) is 0 Å². The SMILES string of the molecule is SC12CCOC1C(OCC1CCCCC1)CO2. The molecule has 0 aromatic heterocycles. The Morgan fingerprint density at radius 2 is 2.06 bits per heavy atom. The molecule has 0 spiro atoms. The number of rotatable bonds is 3. The van der Waals surface area contributed by atoms with Crippen molar-refractivity contribution in [3.63, 3.8) is 0 Å². The molecule has 0 N–H and O–H groups in total. The van der Waals surface area contributed by atoms with Gasteiger partial charge in [0.25, 0.3) is 0 Å². The van der Waals surface area contributed by atoms with E-state index < -0.39 is 0 Å². The van der Waals surface area contributed by atoms with Gasteiger partial charge in [0.15, 0.2) is 0 Å². The van der Waals surface area contributed by atoms with E-state index in [-0.39, 0.29) is 17.1 Å². The van der Waals surface area contributed by atoms with E-state index in [0.717, 1.165) is 25.6 Å². The minimum Gasteiger partial charge on any atom is -0.373 e. The third-order valence-corrected chi connectivity index (χ3v) is 4.92. The lowest BCUT2D eigenvalue weighted by Gasteiger charge is -2.25. The fourth-order valence-corrected chi connectivity index (χ4v) is 3.63. The van der Waals surface area contributed by atoms with Crippen molar-refractivity contribution in [1.82, 2.24) is 0 Å². The van der Waals surface area contributed by atoms with Crippen molar-refractivity contribution in [3.8, 4) is 0 Å². The van der Waals surface area contributed by atoms with Crippen molar-refractivity contribution in [1.29, 1.82) is 0 Å². The Hall–Kier alpha value is 0.230. The summed E-state index contributed by atoms with van der Waals surface area (Å²) in [5.74, 6) is 0.750. The zero-order valence-corrected chi connectivity index (χ0v) is 11.2. The molecule has 2 saturated heterocycles. The van der Waals surface area contributed by atoms with E-state index in [4.69, 9.17) is 14.2 Å². The normalized spacial score (nSPS) is 42.9. The minimum atomic E-state index is -0.378. The molecule has 0 aromatic rings. The molecule has 17 heavy (non-hydrogen) atoms. The summed E-state index contributed by atoms with van der Waals surface area (Å²) >= 11 is 4.59. The van der Waals surface area contributed by atoms with Crippen molar-refractivity contribution < 1.29 is 14.2 Å². The zero-order valence-electron chi connectivity index (χ0n) is 10.3. The molecule has 3 aliphatic rings. The van der Waals surface area contributed by atoms with Crippen molar-refractivity contribution in [2.45, 2.75) is 55.7 Å². The first-order valence-electron chi connectivity index (χ1n) is 6.87. The summed E-state index contributed by atoms with van der Waals surface area (Å²) in [5, 5.41) is 0. The average molecular weight is 258 g/mol. The molecule has 0 amide bonds. The van der Waals surface area contributed by atoms with Gasteiger partial charge in [-0.2, -0.15) is 0 Å². The Kier molecular flexibility index (Phi) is 3.67. The van der Waals surface area contributed by atoms with Gasteiger partial charge < -0.3 is 14.2 Å². The lowest BCUT2D eigenvalue weighted by molar-refractivity contribution is -0.0466. The summed E-state index contributed by atoms with van der Waals surface area (Å²) in [4.78, 5) is -0.378. The monoisotopic (exact) mass is 258 g/mol. The Morgan fingerprint density at radius 1 is 1.24 bits per heavy atom. The second-order valence-electron chi connectivity index (χ2n) is 5.57. The summed E-state index contributed by atoms with van der Waals surface area (Å²) in [6, 6.07) is 0. The van der Waals surface area contributed by atoms with Crippen LogP contribution < -0.4 is 0 Å². The molecule has 4 heteroatoms. The van der Waals surface area contributed by atoms with E-state index in [1.165, 1.54) is 32.1 Å². The van der Waals surface area contributed by atoms with Crippen LogP contribution in [0.4, 0.5) is 0 Å². The molecule has 0 radical (unpaired) electrons. The first-order valence-corrected chi connectivity index (χ1v) is 7.32. The van der Waals surface area contributed by atoms with Crippen LogP contribution in [0, 0.1) is 5.92 Å². The number of fused-ring (bicyclic) bond motifs is 1. The molecule has 3 atom stereocenters. The summed E-state index contributed by atoms with van der Waals surface area (Å²) in [6.07, 6.45) is 7.79. The highest BCUT2D eigenvalue weighted by Gasteiger charge is 2.52. The second kappa shape index (κ2) is 5.08. The molecule has 2 heterocycles. The van der Waals surface area contributed by atoms with E-state index in [2.05, 4.69) is 12.6 Å². The quantitative estimate of drug-likeness (QED) is 0.788. The van der Waals surface area contributed by atoms with Crippen LogP contribution in [0.2, 0.25) is 0 Å². The van der Waals surface area contributed by atoms with E-state index in [1.807, 2.05) is 0 Å². The first-order chi connectivity index (χ1) is 8.28. The Balaban J connectivity index is 1.49. The molecule has 0 bridgehead atoms. The molecule has 3 fully saturated rings. The molecule has 1 saturated carbocycles. The molecule has 2 aliphatic heterocycles. The fourth-order valence-electron chi connectivity index (χ4n) is 3.22. The molecule has 0 aromatic carbocycles. The van der Waals surface area contributed by atoms with Gasteiger partial charge in [0.1, 0.15) is 17.1 Å². The number of thiol groups is 1. The summed E-state index contributed by atoms with van der Waals surface area (Å²) in [5.41, 5.74) is 0. The van der Waals surface area contributed by atoms with Gasteiger partial charge in [0.2, 0.25) is 0 Å². The van der Waals surface area contributed by atoms with E-state index in [0.29, 0.717) is 6.61 Å². The van der Waals surface area contributed by atoms with Crippen LogP contribution in [0.1, 0.15) is 38.5 Å². The van der Waals surface area contributed by atoms with Gasteiger partial charge in [-0.15, -0.1) is 12.6 Å². The number of ether oxygens (including phenoxy) is 3. The van der Waals surface area contributed by atoms with Gasteiger partial charge in [0.05, 0.1) is 19.8 Å². The highest BCUT2D eigenvalue weighted by atomic mass is 32.1. The van der Waals surface area contributed by atoms with Gasteiger partial charge >= 0.3 is 0 Å². The van der Waals surface area contributed by atoms with Gasteiger partial charge in [-0.05, 0) is 18.8 Å².